The third-order valence-electron chi connectivity index (χ3n) is 1.43. The Kier molecular flexibility index (Phi) is 6.52. The average Bonchev–Trinajstić information content (AvgIpc) is 2.00. The molecule has 0 fully saturated rings. The number of aliphatic imine (C=N–C) groups is 1. The summed E-state index contributed by atoms with van der Waals surface area (Å²) in [6.07, 6.45) is 5.54. The molecule has 0 atom stereocenters. The van der Waals surface area contributed by atoms with Gasteiger partial charge in [-0.05, 0) is 42.6 Å². The van der Waals surface area contributed by atoms with Gasteiger partial charge in [0.1, 0.15) is 4.61 Å². The summed E-state index contributed by atoms with van der Waals surface area (Å²) in [6.45, 7) is 6.24. The van der Waals surface area contributed by atoms with Gasteiger partial charge in [-0.1, -0.05) is 19.4 Å². The van der Waals surface area contributed by atoms with Crippen molar-refractivity contribution >= 4 is 21.6 Å². The Morgan fingerprint density at radius 2 is 2.18 bits per heavy atom. The van der Waals surface area contributed by atoms with Gasteiger partial charge in [-0.3, -0.25) is 4.99 Å². The largest absolute Gasteiger partial charge is 0.251 e. The van der Waals surface area contributed by atoms with E-state index >= 15 is 0 Å². The summed E-state index contributed by atoms with van der Waals surface area (Å²) in [5.74, 6) is 0. The molecule has 0 unspecified atom stereocenters. The van der Waals surface area contributed by atoms with E-state index in [4.69, 9.17) is 0 Å². The molecule has 0 radical (unpaired) electrons. The predicted molar refractivity (Wildman–Crippen MR) is 55.3 cm³/mol. The van der Waals surface area contributed by atoms with Crippen LogP contribution in [0.15, 0.2) is 15.7 Å². The van der Waals surface area contributed by atoms with E-state index in [1.165, 1.54) is 18.6 Å². The molecule has 11 heavy (non-hydrogen) atoms. The van der Waals surface area contributed by atoms with Gasteiger partial charge in [0.2, 0.25) is 0 Å². The van der Waals surface area contributed by atoms with Crippen molar-refractivity contribution in [2.75, 3.05) is 0 Å². The Morgan fingerprint density at radius 3 is 2.64 bits per heavy atom. The zero-order valence-corrected chi connectivity index (χ0v) is 9.11. The number of unbranched alkanes of at least 4 members (excludes halogenated alkanes) is 1. The highest BCUT2D eigenvalue weighted by Crippen LogP contribution is 2.08. The predicted octanol–water partition coefficient (Wildman–Crippen LogP) is 3.89. The average molecular weight is 218 g/mol. The lowest BCUT2D eigenvalue weighted by molar-refractivity contribution is 0.833. The zero-order chi connectivity index (χ0) is 8.69. The lowest BCUT2D eigenvalue weighted by atomic mass is 10.2. The maximum atomic E-state index is 4.33. The molecule has 0 spiro atoms. The molecule has 0 heterocycles. The van der Waals surface area contributed by atoms with Crippen LogP contribution in [0.25, 0.3) is 0 Å². The number of hydrogen-bond acceptors (Lipinski definition) is 1. The molecule has 0 amide bonds. The lowest BCUT2D eigenvalue weighted by Crippen LogP contribution is -1.89. The molecule has 0 saturated heterocycles. The summed E-state index contributed by atoms with van der Waals surface area (Å²) in [6, 6.07) is 0. The highest BCUT2D eigenvalue weighted by Gasteiger charge is 1.90. The van der Waals surface area contributed by atoms with Crippen LogP contribution in [0.2, 0.25) is 0 Å². The Morgan fingerprint density at radius 1 is 1.55 bits per heavy atom. The first-order valence-corrected chi connectivity index (χ1v) is 4.86. The van der Waals surface area contributed by atoms with Crippen LogP contribution in [0.1, 0.15) is 40.0 Å². The second-order valence-corrected chi connectivity index (χ2v) is 3.37. The van der Waals surface area contributed by atoms with Gasteiger partial charge < -0.3 is 0 Å². The fraction of sp³-hybridized carbons (Fsp3) is 0.667. The molecule has 0 aromatic carbocycles. The van der Waals surface area contributed by atoms with Crippen molar-refractivity contribution in [1.82, 2.24) is 0 Å². The Labute approximate surface area is 77.7 Å². The molecule has 0 aromatic heterocycles. The van der Waals surface area contributed by atoms with Crippen molar-refractivity contribution in [3.8, 4) is 0 Å². The minimum Gasteiger partial charge on any atom is -0.251 e. The quantitative estimate of drug-likeness (QED) is 0.501. The van der Waals surface area contributed by atoms with Crippen molar-refractivity contribution in [2.24, 2.45) is 4.99 Å². The Balaban J connectivity index is 3.80. The molecule has 0 saturated carbocycles. The first kappa shape index (κ1) is 10.9. The van der Waals surface area contributed by atoms with Crippen LogP contribution in [-0.2, 0) is 0 Å². The monoisotopic (exact) mass is 217 g/mol. The van der Waals surface area contributed by atoms with E-state index in [-0.39, 0.29) is 0 Å². The molecule has 0 N–H and O–H groups in total. The van der Waals surface area contributed by atoms with E-state index in [1.807, 2.05) is 13.0 Å². The van der Waals surface area contributed by atoms with Gasteiger partial charge in [-0.2, -0.15) is 0 Å². The Bertz CT molecular complexity index is 159. The van der Waals surface area contributed by atoms with Crippen LogP contribution in [0.4, 0.5) is 0 Å². The normalized spacial score (nSPS) is 13.8. The molecule has 64 valence electrons. The smallest absolute Gasteiger partial charge is 0.101 e. The third kappa shape index (κ3) is 6.29. The van der Waals surface area contributed by atoms with Gasteiger partial charge in [-0.15, -0.1) is 0 Å². The van der Waals surface area contributed by atoms with E-state index in [1.54, 1.807) is 0 Å². The summed E-state index contributed by atoms with van der Waals surface area (Å²) < 4.78 is 0.936. The molecule has 0 bridgehead atoms. The summed E-state index contributed by atoms with van der Waals surface area (Å²) in [4.78, 5) is 4.33. The van der Waals surface area contributed by atoms with Crippen molar-refractivity contribution in [2.45, 2.75) is 40.0 Å². The number of hydrogen-bond donors (Lipinski definition) is 0. The van der Waals surface area contributed by atoms with Crippen LogP contribution < -0.4 is 0 Å². The first-order chi connectivity index (χ1) is 5.20. The number of rotatable bonds is 4. The third-order valence-corrected chi connectivity index (χ3v) is 2.06. The number of nitrogens with zero attached hydrogens (tertiary/aromatic N) is 1. The van der Waals surface area contributed by atoms with Gasteiger partial charge >= 0.3 is 0 Å². The summed E-state index contributed by atoms with van der Waals surface area (Å²) in [5, 5.41) is 0. The summed E-state index contributed by atoms with van der Waals surface area (Å²) in [7, 11) is 0. The van der Waals surface area contributed by atoms with Crippen LogP contribution in [-0.4, -0.2) is 5.71 Å². The van der Waals surface area contributed by atoms with Crippen LogP contribution >= 0.6 is 15.9 Å². The van der Waals surface area contributed by atoms with Crippen molar-refractivity contribution in [3.05, 3.63) is 10.7 Å². The molecule has 2 heteroatoms. The van der Waals surface area contributed by atoms with Gasteiger partial charge in [0.25, 0.3) is 0 Å². The molecule has 0 aromatic rings. The second kappa shape index (κ2) is 6.59. The minimum atomic E-state index is 0.936. The van der Waals surface area contributed by atoms with Crippen LogP contribution in [0.3, 0.4) is 0 Å². The number of halogens is 1. The maximum absolute atomic E-state index is 4.33. The Hall–Kier alpha value is -0.110. The van der Waals surface area contributed by atoms with E-state index < -0.39 is 0 Å². The minimum absolute atomic E-state index is 0.936. The molecule has 0 aliphatic rings. The van der Waals surface area contributed by atoms with Crippen molar-refractivity contribution < 1.29 is 0 Å². The van der Waals surface area contributed by atoms with Crippen molar-refractivity contribution in [1.29, 1.82) is 0 Å². The summed E-state index contributed by atoms with van der Waals surface area (Å²) >= 11 is 3.34. The lowest BCUT2D eigenvalue weighted by Gasteiger charge is -1.97. The van der Waals surface area contributed by atoms with E-state index in [9.17, 15) is 0 Å². The standard InChI is InChI=1S/C9H16BrN/c1-4-6-7-8(3)11-9(10)5-2/h5H,4,6-7H2,1-3H3/b9-5-,11-8-. The molecule has 0 aliphatic carbocycles. The molecular weight excluding hydrogens is 202 g/mol. The van der Waals surface area contributed by atoms with Crippen molar-refractivity contribution in [3.63, 3.8) is 0 Å². The zero-order valence-electron chi connectivity index (χ0n) is 7.52. The second-order valence-electron chi connectivity index (χ2n) is 2.56. The van der Waals surface area contributed by atoms with Crippen LogP contribution in [0, 0.1) is 0 Å². The number of allylic oxidation sites excluding steroid dienone is 1. The molecule has 0 rings (SSSR count). The fourth-order valence-electron chi connectivity index (χ4n) is 0.735. The summed E-state index contributed by atoms with van der Waals surface area (Å²) in [5.41, 5.74) is 1.21. The highest BCUT2D eigenvalue weighted by atomic mass is 79.9. The van der Waals surface area contributed by atoms with Gasteiger partial charge in [0.15, 0.2) is 0 Å². The van der Waals surface area contributed by atoms with Crippen LogP contribution in [0.5, 0.6) is 0 Å². The van der Waals surface area contributed by atoms with E-state index in [0.717, 1.165) is 11.0 Å². The highest BCUT2D eigenvalue weighted by molar-refractivity contribution is 9.11. The topological polar surface area (TPSA) is 12.4 Å². The molecule has 1 nitrogen and oxygen atoms in total. The van der Waals surface area contributed by atoms with Gasteiger partial charge in [0.05, 0.1) is 0 Å². The molecule has 0 aliphatic heterocycles. The van der Waals surface area contributed by atoms with Gasteiger partial charge in [-0.25, -0.2) is 0 Å². The first-order valence-electron chi connectivity index (χ1n) is 4.06. The molecular formula is C9H16BrN. The van der Waals surface area contributed by atoms with E-state index in [0.29, 0.717) is 0 Å². The fourth-order valence-corrected chi connectivity index (χ4v) is 1.04. The maximum Gasteiger partial charge on any atom is 0.101 e. The van der Waals surface area contributed by atoms with Gasteiger partial charge in [0, 0.05) is 5.71 Å². The SMILES string of the molecule is C/C=C(Br)\N=C(\C)CCCC. The van der Waals surface area contributed by atoms with E-state index in [2.05, 4.69) is 34.8 Å².